The molecule has 124 valence electrons. The van der Waals surface area contributed by atoms with Gasteiger partial charge in [-0.25, -0.2) is 0 Å². The van der Waals surface area contributed by atoms with Crippen molar-refractivity contribution in [2.24, 2.45) is 0 Å². The van der Waals surface area contributed by atoms with E-state index < -0.39 is 0 Å². The van der Waals surface area contributed by atoms with E-state index in [1.807, 2.05) is 26.8 Å². The van der Waals surface area contributed by atoms with Crippen LogP contribution in [-0.2, 0) is 11.2 Å². The molecule has 0 bridgehead atoms. The summed E-state index contributed by atoms with van der Waals surface area (Å²) in [7, 11) is 3.39. The van der Waals surface area contributed by atoms with E-state index in [0.29, 0.717) is 24.3 Å². The van der Waals surface area contributed by atoms with Crippen molar-refractivity contribution in [3.63, 3.8) is 0 Å². The van der Waals surface area contributed by atoms with Crippen LogP contribution in [0.1, 0.15) is 37.9 Å². The van der Waals surface area contributed by atoms with Crippen LogP contribution < -0.4 is 5.56 Å². The van der Waals surface area contributed by atoms with Gasteiger partial charge in [-0.3, -0.25) is 9.59 Å². The Morgan fingerprint density at radius 1 is 1.35 bits per heavy atom. The van der Waals surface area contributed by atoms with Crippen molar-refractivity contribution in [3.05, 3.63) is 34.1 Å². The molecule has 0 aliphatic rings. The van der Waals surface area contributed by atoms with Gasteiger partial charge in [-0.05, 0) is 32.9 Å². The Morgan fingerprint density at radius 2 is 2.04 bits per heavy atom. The van der Waals surface area contributed by atoms with Gasteiger partial charge in [0.1, 0.15) is 0 Å². The van der Waals surface area contributed by atoms with Crippen LogP contribution in [0.5, 0.6) is 0 Å². The molecule has 2 aromatic rings. The van der Waals surface area contributed by atoms with E-state index >= 15 is 0 Å². The molecular formula is C16H22N4O3. The number of carbonyl (C=O) groups is 1. The van der Waals surface area contributed by atoms with Crippen LogP contribution in [0.15, 0.2) is 21.5 Å². The molecule has 0 saturated carbocycles. The average molecular weight is 318 g/mol. The van der Waals surface area contributed by atoms with Gasteiger partial charge >= 0.3 is 0 Å². The third-order valence-electron chi connectivity index (χ3n) is 3.60. The van der Waals surface area contributed by atoms with Crippen LogP contribution in [0.4, 0.5) is 0 Å². The van der Waals surface area contributed by atoms with Gasteiger partial charge in [-0.1, -0.05) is 5.16 Å². The highest BCUT2D eigenvalue weighted by molar-refractivity contribution is 5.75. The molecule has 0 fully saturated rings. The molecule has 0 aromatic carbocycles. The summed E-state index contributed by atoms with van der Waals surface area (Å²) in [6, 6.07) is 3.62. The fourth-order valence-electron chi connectivity index (χ4n) is 2.36. The largest absolute Gasteiger partial charge is 0.349 e. The maximum absolute atomic E-state index is 12.6. The topological polar surface area (TPSA) is 81.2 Å². The number of nitrogens with zero attached hydrogens (tertiary/aromatic N) is 4. The minimum atomic E-state index is -0.142. The highest BCUT2D eigenvalue weighted by Crippen LogP contribution is 2.15. The molecule has 2 heterocycles. The van der Waals surface area contributed by atoms with Gasteiger partial charge < -0.3 is 14.0 Å². The smallest absolute Gasteiger partial charge is 0.262 e. The predicted octanol–water partition coefficient (Wildman–Crippen LogP) is 1.81. The van der Waals surface area contributed by atoms with Gasteiger partial charge in [-0.2, -0.15) is 4.98 Å². The highest BCUT2D eigenvalue weighted by Gasteiger charge is 2.16. The second-order valence-corrected chi connectivity index (χ2v) is 5.96. The third-order valence-corrected chi connectivity index (χ3v) is 3.60. The summed E-state index contributed by atoms with van der Waals surface area (Å²) < 4.78 is 6.85. The summed E-state index contributed by atoms with van der Waals surface area (Å²) in [5.74, 6) is 0.602. The zero-order chi connectivity index (χ0) is 17.1. The van der Waals surface area contributed by atoms with Gasteiger partial charge in [0.15, 0.2) is 0 Å². The second-order valence-electron chi connectivity index (χ2n) is 5.96. The summed E-state index contributed by atoms with van der Waals surface area (Å²) in [6.07, 6.45) is 0.646. The standard InChI is InChI=1S/C16H22N4O3/c1-10(2)20-11(3)6-7-12(16(20)22)15-17-13(23-18-15)8-9-14(21)19(4)5/h6-7,10H,8-9H2,1-5H3. The van der Waals surface area contributed by atoms with E-state index in [1.165, 1.54) is 4.90 Å². The average Bonchev–Trinajstić information content (AvgIpc) is 2.93. The molecular weight excluding hydrogens is 296 g/mol. The van der Waals surface area contributed by atoms with E-state index in [4.69, 9.17) is 4.52 Å². The molecule has 0 radical (unpaired) electrons. The van der Waals surface area contributed by atoms with Crippen LogP contribution in [-0.4, -0.2) is 39.6 Å². The van der Waals surface area contributed by atoms with Crippen LogP contribution in [0.25, 0.3) is 11.4 Å². The summed E-state index contributed by atoms with van der Waals surface area (Å²) in [6.45, 7) is 5.79. The van der Waals surface area contributed by atoms with Crippen molar-refractivity contribution in [2.75, 3.05) is 14.1 Å². The van der Waals surface area contributed by atoms with Crippen molar-refractivity contribution in [3.8, 4) is 11.4 Å². The molecule has 0 N–H and O–H groups in total. The lowest BCUT2D eigenvalue weighted by molar-refractivity contribution is -0.128. The molecule has 1 amide bonds. The van der Waals surface area contributed by atoms with Gasteiger partial charge in [0.2, 0.25) is 17.6 Å². The molecule has 0 spiro atoms. The lowest BCUT2D eigenvalue weighted by atomic mass is 10.2. The zero-order valence-electron chi connectivity index (χ0n) is 14.2. The van der Waals surface area contributed by atoms with Gasteiger partial charge in [-0.15, -0.1) is 0 Å². The van der Waals surface area contributed by atoms with E-state index in [0.717, 1.165) is 5.69 Å². The Morgan fingerprint density at radius 3 is 2.65 bits per heavy atom. The lowest BCUT2D eigenvalue weighted by Crippen LogP contribution is -2.25. The number of hydrogen-bond donors (Lipinski definition) is 0. The molecule has 2 aromatic heterocycles. The highest BCUT2D eigenvalue weighted by atomic mass is 16.5. The Bertz CT molecular complexity index is 759. The number of aromatic nitrogens is 3. The first kappa shape index (κ1) is 16.9. The number of rotatable bonds is 5. The van der Waals surface area contributed by atoms with Crippen molar-refractivity contribution in [1.82, 2.24) is 19.6 Å². The van der Waals surface area contributed by atoms with Crippen molar-refractivity contribution >= 4 is 5.91 Å². The summed E-state index contributed by atoms with van der Waals surface area (Å²) >= 11 is 0. The molecule has 7 heteroatoms. The molecule has 0 aliphatic heterocycles. The fraction of sp³-hybridized carbons (Fsp3) is 0.500. The molecule has 0 saturated heterocycles. The molecule has 7 nitrogen and oxygen atoms in total. The lowest BCUT2D eigenvalue weighted by Gasteiger charge is -2.14. The number of aryl methyl sites for hydroxylation is 2. The van der Waals surface area contributed by atoms with Crippen LogP contribution in [0.3, 0.4) is 0 Å². The normalized spacial score (nSPS) is 11.0. The Hall–Kier alpha value is -2.44. The third kappa shape index (κ3) is 3.67. The predicted molar refractivity (Wildman–Crippen MR) is 86.1 cm³/mol. The van der Waals surface area contributed by atoms with Crippen molar-refractivity contribution < 1.29 is 9.32 Å². The SMILES string of the molecule is Cc1ccc(-c2noc(CCC(=O)N(C)C)n2)c(=O)n1C(C)C. The van der Waals surface area contributed by atoms with Crippen LogP contribution in [0, 0.1) is 6.92 Å². The van der Waals surface area contributed by atoms with Crippen molar-refractivity contribution in [1.29, 1.82) is 0 Å². The number of pyridine rings is 1. The number of amides is 1. The minimum absolute atomic E-state index is 0.0118. The Balaban J connectivity index is 2.26. The van der Waals surface area contributed by atoms with Gasteiger partial charge in [0.25, 0.3) is 5.56 Å². The molecule has 0 aliphatic carbocycles. The molecule has 23 heavy (non-hydrogen) atoms. The van der Waals surface area contributed by atoms with E-state index in [2.05, 4.69) is 10.1 Å². The Kier molecular flexibility index (Phi) is 4.98. The summed E-state index contributed by atoms with van der Waals surface area (Å²) in [5.41, 5.74) is 1.14. The van der Waals surface area contributed by atoms with Gasteiger partial charge in [0.05, 0.1) is 5.56 Å². The van der Waals surface area contributed by atoms with Crippen LogP contribution >= 0.6 is 0 Å². The van der Waals surface area contributed by atoms with Crippen molar-refractivity contribution in [2.45, 2.75) is 39.7 Å². The first-order valence-electron chi connectivity index (χ1n) is 7.56. The first-order chi connectivity index (χ1) is 10.8. The second kappa shape index (κ2) is 6.76. The molecule has 0 atom stereocenters. The van der Waals surface area contributed by atoms with Crippen LogP contribution in [0.2, 0.25) is 0 Å². The van der Waals surface area contributed by atoms with Gasteiger partial charge in [0, 0.05) is 38.7 Å². The van der Waals surface area contributed by atoms with E-state index in [-0.39, 0.29) is 23.3 Å². The monoisotopic (exact) mass is 318 g/mol. The number of hydrogen-bond acceptors (Lipinski definition) is 5. The Labute approximate surface area is 134 Å². The first-order valence-corrected chi connectivity index (χ1v) is 7.56. The quantitative estimate of drug-likeness (QED) is 0.840. The zero-order valence-corrected chi connectivity index (χ0v) is 14.2. The summed E-state index contributed by atoms with van der Waals surface area (Å²) in [5, 5.41) is 3.88. The minimum Gasteiger partial charge on any atom is -0.349 e. The van der Waals surface area contributed by atoms with E-state index in [1.54, 1.807) is 24.7 Å². The maximum atomic E-state index is 12.6. The maximum Gasteiger partial charge on any atom is 0.262 e. The summed E-state index contributed by atoms with van der Waals surface area (Å²) in [4.78, 5) is 29.9. The number of carbonyl (C=O) groups excluding carboxylic acids is 1. The fourth-order valence-corrected chi connectivity index (χ4v) is 2.36. The molecule has 2 rings (SSSR count). The van der Waals surface area contributed by atoms with E-state index in [9.17, 15) is 9.59 Å². The molecule has 0 unspecified atom stereocenters.